The maximum absolute atomic E-state index is 5.81. The molecule has 0 aliphatic rings. The summed E-state index contributed by atoms with van der Waals surface area (Å²) in [5.74, 6) is 2.34. The van der Waals surface area contributed by atoms with Gasteiger partial charge in [0.15, 0.2) is 0 Å². The van der Waals surface area contributed by atoms with E-state index in [0.717, 1.165) is 23.6 Å². The minimum absolute atomic E-state index is 0.534. The summed E-state index contributed by atoms with van der Waals surface area (Å²) < 4.78 is 11.5. The Hall–Kier alpha value is -2.00. The van der Waals surface area contributed by atoms with E-state index >= 15 is 0 Å². The van der Waals surface area contributed by atoms with Gasteiger partial charge in [-0.05, 0) is 36.7 Å². The first-order valence-corrected chi connectivity index (χ1v) is 7.78. The van der Waals surface area contributed by atoms with E-state index in [-0.39, 0.29) is 0 Å². The first kappa shape index (κ1) is 16.4. The number of nitrogens with one attached hydrogen (secondary N) is 1. The molecule has 0 heterocycles. The standard InChI is InChI=1S/C19H25NO2/c1-15(2)16-8-10-18(11-9-16)21-12-13-22-19-7-5-4-6-17(19)14-20-3/h4-11,15,20H,12-14H2,1-3H3. The summed E-state index contributed by atoms with van der Waals surface area (Å²) in [5, 5.41) is 3.14. The monoisotopic (exact) mass is 299 g/mol. The molecule has 0 fully saturated rings. The van der Waals surface area contributed by atoms with Crippen LogP contribution in [0.15, 0.2) is 48.5 Å². The molecule has 3 nitrogen and oxygen atoms in total. The van der Waals surface area contributed by atoms with Gasteiger partial charge in [0.25, 0.3) is 0 Å². The second-order valence-electron chi connectivity index (χ2n) is 5.56. The molecule has 1 N–H and O–H groups in total. The van der Waals surface area contributed by atoms with E-state index in [1.165, 1.54) is 5.56 Å². The molecule has 0 unspecified atom stereocenters. The summed E-state index contributed by atoms with van der Waals surface area (Å²) in [7, 11) is 1.93. The molecule has 2 rings (SSSR count). The maximum Gasteiger partial charge on any atom is 0.123 e. The molecule has 2 aromatic rings. The molecule has 0 bridgehead atoms. The van der Waals surface area contributed by atoms with E-state index in [0.29, 0.717) is 19.1 Å². The lowest BCUT2D eigenvalue weighted by atomic mass is 10.0. The third-order valence-corrected chi connectivity index (χ3v) is 3.50. The molecule has 0 atom stereocenters. The van der Waals surface area contributed by atoms with Gasteiger partial charge < -0.3 is 14.8 Å². The van der Waals surface area contributed by atoms with Gasteiger partial charge in [-0.25, -0.2) is 0 Å². The van der Waals surface area contributed by atoms with Crippen molar-refractivity contribution in [3.8, 4) is 11.5 Å². The molecule has 0 radical (unpaired) electrons. The summed E-state index contributed by atoms with van der Waals surface area (Å²) in [6, 6.07) is 16.3. The van der Waals surface area contributed by atoms with Crippen molar-refractivity contribution >= 4 is 0 Å². The highest BCUT2D eigenvalue weighted by atomic mass is 16.5. The lowest BCUT2D eigenvalue weighted by molar-refractivity contribution is 0.215. The summed E-state index contributed by atoms with van der Waals surface area (Å²) in [4.78, 5) is 0. The Morgan fingerprint density at radius 3 is 2.27 bits per heavy atom. The minimum atomic E-state index is 0.534. The van der Waals surface area contributed by atoms with Crippen molar-refractivity contribution in [2.45, 2.75) is 26.3 Å². The summed E-state index contributed by atoms with van der Waals surface area (Å²) in [5.41, 5.74) is 2.48. The minimum Gasteiger partial charge on any atom is -0.490 e. The van der Waals surface area contributed by atoms with Crippen molar-refractivity contribution in [2.75, 3.05) is 20.3 Å². The van der Waals surface area contributed by atoms with E-state index < -0.39 is 0 Å². The van der Waals surface area contributed by atoms with E-state index in [1.54, 1.807) is 0 Å². The van der Waals surface area contributed by atoms with Crippen LogP contribution in [-0.2, 0) is 6.54 Å². The van der Waals surface area contributed by atoms with Crippen LogP contribution in [0.2, 0.25) is 0 Å². The number of para-hydroxylation sites is 1. The van der Waals surface area contributed by atoms with Crippen molar-refractivity contribution in [3.63, 3.8) is 0 Å². The van der Waals surface area contributed by atoms with Crippen LogP contribution in [0.25, 0.3) is 0 Å². The van der Waals surface area contributed by atoms with Crippen LogP contribution in [-0.4, -0.2) is 20.3 Å². The predicted molar refractivity (Wildman–Crippen MR) is 90.7 cm³/mol. The van der Waals surface area contributed by atoms with Gasteiger partial charge in [0.05, 0.1) is 0 Å². The van der Waals surface area contributed by atoms with Gasteiger partial charge in [-0.3, -0.25) is 0 Å². The van der Waals surface area contributed by atoms with Gasteiger partial charge in [0.1, 0.15) is 24.7 Å². The molecule has 0 aromatic heterocycles. The van der Waals surface area contributed by atoms with E-state index in [4.69, 9.17) is 9.47 Å². The van der Waals surface area contributed by atoms with Gasteiger partial charge in [-0.15, -0.1) is 0 Å². The van der Waals surface area contributed by atoms with Crippen LogP contribution in [0.4, 0.5) is 0 Å². The topological polar surface area (TPSA) is 30.5 Å². The SMILES string of the molecule is CNCc1ccccc1OCCOc1ccc(C(C)C)cc1. The van der Waals surface area contributed by atoms with Crippen molar-refractivity contribution in [1.29, 1.82) is 0 Å². The van der Waals surface area contributed by atoms with Crippen LogP contribution in [0, 0.1) is 0 Å². The van der Waals surface area contributed by atoms with Crippen molar-refractivity contribution in [1.82, 2.24) is 5.32 Å². The molecule has 0 aliphatic heterocycles. The fourth-order valence-corrected chi connectivity index (χ4v) is 2.24. The van der Waals surface area contributed by atoms with Gasteiger partial charge in [-0.1, -0.05) is 44.2 Å². The van der Waals surface area contributed by atoms with E-state index in [1.807, 2.05) is 37.4 Å². The maximum atomic E-state index is 5.81. The van der Waals surface area contributed by atoms with Gasteiger partial charge in [0, 0.05) is 12.1 Å². The Morgan fingerprint density at radius 2 is 1.59 bits per heavy atom. The molecule has 0 aliphatic carbocycles. The molecule has 22 heavy (non-hydrogen) atoms. The van der Waals surface area contributed by atoms with E-state index in [2.05, 4.69) is 37.4 Å². The third kappa shape index (κ3) is 4.78. The Balaban J connectivity index is 1.79. The Labute approximate surface area is 133 Å². The largest absolute Gasteiger partial charge is 0.490 e. The highest BCUT2D eigenvalue weighted by Gasteiger charge is 2.02. The summed E-state index contributed by atoms with van der Waals surface area (Å²) in [6.45, 7) is 6.24. The highest BCUT2D eigenvalue weighted by molar-refractivity contribution is 5.33. The Morgan fingerprint density at radius 1 is 0.909 bits per heavy atom. The molecule has 2 aromatic carbocycles. The zero-order valence-electron chi connectivity index (χ0n) is 13.6. The van der Waals surface area contributed by atoms with E-state index in [9.17, 15) is 0 Å². The average molecular weight is 299 g/mol. The molecule has 0 saturated carbocycles. The molecular formula is C19H25NO2. The lowest BCUT2D eigenvalue weighted by Gasteiger charge is -2.12. The molecule has 0 spiro atoms. The Bertz CT molecular complexity index is 564. The zero-order valence-corrected chi connectivity index (χ0v) is 13.6. The van der Waals surface area contributed by atoms with Crippen LogP contribution in [0.1, 0.15) is 30.9 Å². The second-order valence-corrected chi connectivity index (χ2v) is 5.56. The first-order chi connectivity index (χ1) is 10.7. The molecule has 0 saturated heterocycles. The average Bonchev–Trinajstić information content (AvgIpc) is 2.53. The lowest BCUT2D eigenvalue weighted by Crippen LogP contribution is -2.12. The fraction of sp³-hybridized carbons (Fsp3) is 0.368. The highest BCUT2D eigenvalue weighted by Crippen LogP contribution is 2.19. The van der Waals surface area contributed by atoms with Crippen LogP contribution < -0.4 is 14.8 Å². The summed E-state index contributed by atoms with van der Waals surface area (Å²) in [6.07, 6.45) is 0. The fourth-order valence-electron chi connectivity index (χ4n) is 2.24. The first-order valence-electron chi connectivity index (χ1n) is 7.78. The summed E-state index contributed by atoms with van der Waals surface area (Å²) >= 11 is 0. The van der Waals surface area contributed by atoms with Crippen LogP contribution in [0.3, 0.4) is 0 Å². The van der Waals surface area contributed by atoms with Crippen molar-refractivity contribution < 1.29 is 9.47 Å². The Kier molecular flexibility index (Phi) is 6.28. The van der Waals surface area contributed by atoms with Crippen LogP contribution in [0.5, 0.6) is 11.5 Å². The quantitative estimate of drug-likeness (QED) is 0.748. The molecule has 118 valence electrons. The number of benzene rings is 2. The van der Waals surface area contributed by atoms with Gasteiger partial charge in [-0.2, -0.15) is 0 Å². The molecule has 3 heteroatoms. The molecule has 0 amide bonds. The number of rotatable bonds is 8. The van der Waals surface area contributed by atoms with Crippen molar-refractivity contribution in [3.05, 3.63) is 59.7 Å². The van der Waals surface area contributed by atoms with Gasteiger partial charge >= 0.3 is 0 Å². The van der Waals surface area contributed by atoms with Crippen molar-refractivity contribution in [2.24, 2.45) is 0 Å². The zero-order chi connectivity index (χ0) is 15.8. The molecular weight excluding hydrogens is 274 g/mol. The smallest absolute Gasteiger partial charge is 0.123 e. The second kappa shape index (κ2) is 8.44. The van der Waals surface area contributed by atoms with Gasteiger partial charge in [0.2, 0.25) is 0 Å². The number of hydrogen-bond acceptors (Lipinski definition) is 3. The normalized spacial score (nSPS) is 10.7. The predicted octanol–water partition coefficient (Wildman–Crippen LogP) is 3.99. The number of hydrogen-bond donors (Lipinski definition) is 1. The number of ether oxygens (including phenoxy) is 2. The third-order valence-electron chi connectivity index (χ3n) is 3.50. The van der Waals surface area contributed by atoms with Crippen LogP contribution >= 0.6 is 0 Å².